The fraction of sp³-hybridized carbons (Fsp3) is 0.350. The van der Waals surface area contributed by atoms with Crippen molar-refractivity contribution in [2.24, 2.45) is 0 Å². The highest BCUT2D eigenvalue weighted by atomic mass is 16.3. The van der Waals surface area contributed by atoms with Crippen LogP contribution in [0.15, 0.2) is 47.1 Å². The quantitative estimate of drug-likeness (QED) is 0.870. The van der Waals surface area contributed by atoms with E-state index in [1.54, 1.807) is 41.5 Å². The Labute approximate surface area is 156 Å². The number of hydrogen-bond donors (Lipinski definition) is 1. The highest BCUT2D eigenvalue weighted by molar-refractivity contribution is 6.12. The number of para-hydroxylation sites is 1. The van der Waals surface area contributed by atoms with Crippen LogP contribution in [0.25, 0.3) is 0 Å². The number of hydrogen-bond acceptors (Lipinski definition) is 4. The van der Waals surface area contributed by atoms with Gasteiger partial charge in [-0.3, -0.25) is 14.4 Å². The van der Waals surface area contributed by atoms with E-state index in [2.05, 4.69) is 5.32 Å². The first-order valence-electron chi connectivity index (χ1n) is 9.15. The molecule has 0 aliphatic carbocycles. The topological polar surface area (TPSA) is 82.9 Å². The first-order chi connectivity index (χ1) is 13.1. The summed E-state index contributed by atoms with van der Waals surface area (Å²) >= 11 is 0. The van der Waals surface area contributed by atoms with E-state index in [-0.39, 0.29) is 24.3 Å². The molecular weight excluding hydrogens is 346 g/mol. The maximum atomic E-state index is 13.1. The fourth-order valence-electron chi connectivity index (χ4n) is 3.75. The van der Waals surface area contributed by atoms with Crippen molar-refractivity contribution in [1.82, 2.24) is 10.2 Å². The Morgan fingerprint density at radius 1 is 1.19 bits per heavy atom. The Kier molecular flexibility index (Phi) is 4.66. The van der Waals surface area contributed by atoms with E-state index in [4.69, 9.17) is 4.42 Å². The number of fused-ring (bicyclic) bond motifs is 2. The molecule has 4 rings (SSSR count). The first-order valence-corrected chi connectivity index (χ1v) is 9.15. The Bertz CT molecular complexity index is 862. The molecular formula is C20H21N3O4. The summed E-state index contributed by atoms with van der Waals surface area (Å²) in [5, 5.41) is 2.82. The van der Waals surface area contributed by atoms with Gasteiger partial charge in [0.15, 0.2) is 0 Å². The van der Waals surface area contributed by atoms with Crippen LogP contribution in [0.5, 0.6) is 0 Å². The lowest BCUT2D eigenvalue weighted by Crippen LogP contribution is -2.48. The molecule has 3 amide bonds. The molecule has 7 nitrogen and oxygen atoms in total. The molecule has 1 aromatic heterocycles. The Morgan fingerprint density at radius 2 is 2.04 bits per heavy atom. The SMILES string of the molecule is O=C(CN1C(=O)C2CCCN2C(=O)c2ccccc21)NCCc1ccco1. The average Bonchev–Trinajstić information content (AvgIpc) is 3.35. The van der Waals surface area contributed by atoms with Gasteiger partial charge in [0, 0.05) is 19.5 Å². The first kappa shape index (κ1) is 17.3. The van der Waals surface area contributed by atoms with Gasteiger partial charge in [0.05, 0.1) is 17.5 Å². The predicted octanol–water partition coefficient (Wildman–Crippen LogP) is 1.59. The van der Waals surface area contributed by atoms with Crippen molar-refractivity contribution >= 4 is 23.4 Å². The number of carbonyl (C=O) groups excluding carboxylic acids is 3. The van der Waals surface area contributed by atoms with Gasteiger partial charge in [0.25, 0.3) is 5.91 Å². The Morgan fingerprint density at radius 3 is 2.85 bits per heavy atom. The minimum Gasteiger partial charge on any atom is -0.469 e. The Balaban J connectivity index is 1.51. The molecule has 3 heterocycles. The maximum absolute atomic E-state index is 13.1. The van der Waals surface area contributed by atoms with E-state index in [1.165, 1.54) is 4.90 Å². The van der Waals surface area contributed by atoms with E-state index >= 15 is 0 Å². The van der Waals surface area contributed by atoms with Crippen molar-refractivity contribution in [1.29, 1.82) is 0 Å². The van der Waals surface area contributed by atoms with Crippen molar-refractivity contribution in [3.05, 3.63) is 54.0 Å². The van der Waals surface area contributed by atoms with Crippen molar-refractivity contribution in [3.8, 4) is 0 Å². The monoisotopic (exact) mass is 367 g/mol. The Hall–Kier alpha value is -3.09. The third-order valence-electron chi connectivity index (χ3n) is 5.07. The van der Waals surface area contributed by atoms with Crippen molar-refractivity contribution in [2.45, 2.75) is 25.3 Å². The molecule has 7 heteroatoms. The molecule has 1 aromatic carbocycles. The van der Waals surface area contributed by atoms with Crippen molar-refractivity contribution in [3.63, 3.8) is 0 Å². The van der Waals surface area contributed by atoms with Crippen LogP contribution in [0.3, 0.4) is 0 Å². The van der Waals surface area contributed by atoms with E-state index < -0.39 is 6.04 Å². The minimum atomic E-state index is -0.485. The smallest absolute Gasteiger partial charge is 0.256 e. The largest absolute Gasteiger partial charge is 0.469 e. The second-order valence-corrected chi connectivity index (χ2v) is 6.78. The number of nitrogens with zero attached hydrogens (tertiary/aromatic N) is 2. The molecule has 2 aromatic rings. The molecule has 1 fully saturated rings. The summed E-state index contributed by atoms with van der Waals surface area (Å²) in [6, 6.07) is 10.2. The average molecular weight is 367 g/mol. The van der Waals surface area contributed by atoms with Crippen LogP contribution in [0.4, 0.5) is 5.69 Å². The summed E-state index contributed by atoms with van der Waals surface area (Å²) in [5.41, 5.74) is 0.974. The highest BCUT2D eigenvalue weighted by Gasteiger charge is 2.42. The summed E-state index contributed by atoms with van der Waals surface area (Å²) in [6.07, 6.45) is 3.61. The number of rotatable bonds is 5. The van der Waals surface area contributed by atoms with Gasteiger partial charge in [0.2, 0.25) is 11.8 Å². The zero-order valence-electron chi connectivity index (χ0n) is 14.9. The summed E-state index contributed by atoms with van der Waals surface area (Å²) in [6.45, 7) is 0.892. The zero-order chi connectivity index (χ0) is 18.8. The molecule has 0 radical (unpaired) electrons. The van der Waals surface area contributed by atoms with Gasteiger partial charge in [-0.05, 0) is 37.1 Å². The second kappa shape index (κ2) is 7.26. The van der Waals surface area contributed by atoms with Gasteiger partial charge in [-0.25, -0.2) is 0 Å². The number of benzene rings is 1. The van der Waals surface area contributed by atoms with Crippen LogP contribution in [0.2, 0.25) is 0 Å². The summed E-state index contributed by atoms with van der Waals surface area (Å²) in [4.78, 5) is 41.4. The lowest BCUT2D eigenvalue weighted by molar-refractivity contribution is -0.125. The van der Waals surface area contributed by atoms with E-state index in [0.29, 0.717) is 37.2 Å². The molecule has 0 spiro atoms. The zero-order valence-corrected chi connectivity index (χ0v) is 14.9. The molecule has 0 bridgehead atoms. The molecule has 140 valence electrons. The highest BCUT2D eigenvalue weighted by Crippen LogP contribution is 2.32. The molecule has 27 heavy (non-hydrogen) atoms. The van der Waals surface area contributed by atoms with Gasteiger partial charge >= 0.3 is 0 Å². The molecule has 2 aliphatic heterocycles. The van der Waals surface area contributed by atoms with Crippen LogP contribution in [-0.2, 0) is 16.0 Å². The molecule has 0 saturated carbocycles. The van der Waals surface area contributed by atoms with Gasteiger partial charge in [0.1, 0.15) is 18.3 Å². The molecule has 2 aliphatic rings. The van der Waals surface area contributed by atoms with Crippen LogP contribution < -0.4 is 10.2 Å². The fourth-order valence-corrected chi connectivity index (χ4v) is 3.75. The van der Waals surface area contributed by atoms with E-state index in [1.807, 2.05) is 6.07 Å². The minimum absolute atomic E-state index is 0.106. The van der Waals surface area contributed by atoms with E-state index in [0.717, 1.165) is 12.2 Å². The van der Waals surface area contributed by atoms with Crippen LogP contribution in [0.1, 0.15) is 29.0 Å². The van der Waals surface area contributed by atoms with Gasteiger partial charge in [-0.1, -0.05) is 12.1 Å². The number of furan rings is 1. The predicted molar refractivity (Wildman–Crippen MR) is 98.3 cm³/mol. The van der Waals surface area contributed by atoms with Crippen LogP contribution in [-0.4, -0.2) is 48.3 Å². The standard InChI is InChI=1S/C20H21N3O4/c24-18(21-10-9-14-5-4-12-27-14)13-23-16-7-2-1-6-15(16)19(25)22-11-3-8-17(22)20(23)26/h1-2,4-7,12,17H,3,8-11,13H2,(H,21,24). The summed E-state index contributed by atoms with van der Waals surface area (Å²) in [5.74, 6) is 0.205. The number of carbonyl (C=O) groups is 3. The summed E-state index contributed by atoms with van der Waals surface area (Å²) in [7, 11) is 0. The number of amides is 3. The van der Waals surface area contributed by atoms with Crippen LogP contribution >= 0.6 is 0 Å². The molecule has 1 N–H and O–H groups in total. The second-order valence-electron chi connectivity index (χ2n) is 6.78. The van der Waals surface area contributed by atoms with Gasteiger partial charge in [-0.2, -0.15) is 0 Å². The van der Waals surface area contributed by atoms with Crippen molar-refractivity contribution < 1.29 is 18.8 Å². The molecule has 1 unspecified atom stereocenters. The lowest BCUT2D eigenvalue weighted by Gasteiger charge is -2.25. The van der Waals surface area contributed by atoms with Gasteiger partial charge < -0.3 is 19.5 Å². The number of nitrogens with one attached hydrogen (secondary N) is 1. The third kappa shape index (κ3) is 3.32. The van der Waals surface area contributed by atoms with Crippen molar-refractivity contribution in [2.75, 3.05) is 24.5 Å². The van der Waals surface area contributed by atoms with Gasteiger partial charge in [-0.15, -0.1) is 0 Å². The molecule has 1 atom stereocenters. The van der Waals surface area contributed by atoms with E-state index in [9.17, 15) is 14.4 Å². The summed E-state index contributed by atoms with van der Waals surface area (Å²) < 4.78 is 5.25. The maximum Gasteiger partial charge on any atom is 0.256 e. The normalized spacial score (nSPS) is 18.9. The lowest BCUT2D eigenvalue weighted by atomic mass is 10.1. The molecule has 1 saturated heterocycles. The van der Waals surface area contributed by atoms with Crippen LogP contribution in [0, 0.1) is 0 Å². The third-order valence-corrected chi connectivity index (χ3v) is 5.07. The number of anilines is 1.